The molecule has 1 atom stereocenters. The smallest absolute Gasteiger partial charge is 0.405 e. The molecule has 0 radical (unpaired) electrons. The fourth-order valence-corrected chi connectivity index (χ4v) is 3.48. The topological polar surface area (TPSA) is 70.8 Å². The SMILES string of the molecule is COCOc1ccccc1-c1ccc2c(c1)CC(C)(C)C2OC(N)=O. The van der Waals surface area contributed by atoms with E-state index in [1.54, 1.807) is 7.11 Å². The number of benzene rings is 2. The summed E-state index contributed by atoms with van der Waals surface area (Å²) in [4.78, 5) is 11.3. The minimum Gasteiger partial charge on any atom is -0.467 e. The van der Waals surface area contributed by atoms with Crippen molar-refractivity contribution in [1.82, 2.24) is 0 Å². The number of rotatable bonds is 5. The average Bonchev–Trinajstić information content (AvgIpc) is 2.82. The van der Waals surface area contributed by atoms with E-state index in [0.29, 0.717) is 0 Å². The first-order valence-corrected chi connectivity index (χ1v) is 8.22. The van der Waals surface area contributed by atoms with Gasteiger partial charge in [0.05, 0.1) is 0 Å². The number of carbonyl (C=O) groups excluding carboxylic acids is 1. The van der Waals surface area contributed by atoms with Crippen LogP contribution >= 0.6 is 0 Å². The van der Waals surface area contributed by atoms with E-state index >= 15 is 0 Å². The molecule has 0 aromatic heterocycles. The zero-order valence-electron chi connectivity index (χ0n) is 14.7. The summed E-state index contributed by atoms with van der Waals surface area (Å²) < 4.78 is 16.0. The van der Waals surface area contributed by atoms with Crippen LogP contribution in [0.4, 0.5) is 4.79 Å². The first-order valence-electron chi connectivity index (χ1n) is 8.22. The van der Waals surface area contributed by atoms with Crippen molar-refractivity contribution in [2.45, 2.75) is 26.4 Å². The van der Waals surface area contributed by atoms with Crippen LogP contribution in [0.25, 0.3) is 11.1 Å². The van der Waals surface area contributed by atoms with Crippen LogP contribution in [0, 0.1) is 5.41 Å². The molecule has 2 aromatic rings. The van der Waals surface area contributed by atoms with Crippen molar-refractivity contribution in [3.63, 3.8) is 0 Å². The molecule has 2 aromatic carbocycles. The van der Waals surface area contributed by atoms with Crippen LogP contribution < -0.4 is 10.5 Å². The Morgan fingerprint density at radius 3 is 2.72 bits per heavy atom. The second-order valence-corrected chi connectivity index (χ2v) is 6.94. The van der Waals surface area contributed by atoms with E-state index in [1.165, 1.54) is 0 Å². The Bertz CT molecular complexity index is 785. The van der Waals surface area contributed by atoms with Crippen molar-refractivity contribution < 1.29 is 19.0 Å². The molecule has 0 heterocycles. The molecule has 0 aliphatic heterocycles. The second-order valence-electron chi connectivity index (χ2n) is 6.94. The molecule has 0 bridgehead atoms. The van der Waals surface area contributed by atoms with Gasteiger partial charge in [0.15, 0.2) is 6.79 Å². The molecular weight excluding hydrogens is 318 g/mol. The Hall–Kier alpha value is -2.53. The van der Waals surface area contributed by atoms with Gasteiger partial charge in [0.2, 0.25) is 0 Å². The number of carbonyl (C=O) groups is 1. The standard InChI is InChI=1S/C20H23NO4/c1-20(2)11-14-10-13(8-9-16(14)18(20)25-19(21)22)15-6-4-5-7-17(15)24-12-23-3/h4-10,18H,11-12H2,1-3H3,(H2,21,22). The second kappa shape index (κ2) is 6.76. The predicted octanol–water partition coefficient (Wildman–Crippen LogP) is 4.06. The zero-order chi connectivity index (χ0) is 18.0. The first kappa shape index (κ1) is 17.3. The number of nitrogens with two attached hydrogens (primary N) is 1. The van der Waals surface area contributed by atoms with Crippen molar-refractivity contribution in [2.24, 2.45) is 11.1 Å². The normalized spacial score (nSPS) is 17.8. The van der Waals surface area contributed by atoms with Crippen LogP contribution in [0.3, 0.4) is 0 Å². The lowest BCUT2D eigenvalue weighted by molar-refractivity contribution is 0.0392. The fraction of sp³-hybridized carbons (Fsp3) is 0.350. The predicted molar refractivity (Wildman–Crippen MR) is 95.3 cm³/mol. The van der Waals surface area contributed by atoms with Gasteiger partial charge in [0.25, 0.3) is 0 Å². The Morgan fingerprint density at radius 2 is 2.00 bits per heavy atom. The molecule has 0 saturated heterocycles. The zero-order valence-corrected chi connectivity index (χ0v) is 14.7. The van der Waals surface area contributed by atoms with Gasteiger partial charge in [-0.3, -0.25) is 0 Å². The number of ether oxygens (including phenoxy) is 3. The highest BCUT2D eigenvalue weighted by atomic mass is 16.7. The largest absolute Gasteiger partial charge is 0.467 e. The fourth-order valence-electron chi connectivity index (χ4n) is 3.48. The summed E-state index contributed by atoms with van der Waals surface area (Å²) in [6.45, 7) is 4.36. The van der Waals surface area contributed by atoms with Gasteiger partial charge in [0, 0.05) is 18.1 Å². The molecule has 0 fully saturated rings. The maximum Gasteiger partial charge on any atom is 0.405 e. The summed E-state index contributed by atoms with van der Waals surface area (Å²) in [5.74, 6) is 0.770. The van der Waals surface area contributed by atoms with Gasteiger partial charge in [-0.25, -0.2) is 4.79 Å². The monoisotopic (exact) mass is 341 g/mol. The number of para-hydroxylation sites is 1. The molecular formula is C20H23NO4. The lowest BCUT2D eigenvalue weighted by Gasteiger charge is -2.26. The molecule has 1 aliphatic rings. The molecule has 5 heteroatoms. The van der Waals surface area contributed by atoms with E-state index < -0.39 is 6.09 Å². The third-order valence-corrected chi connectivity index (χ3v) is 4.55. The van der Waals surface area contributed by atoms with Crippen molar-refractivity contribution in [3.8, 4) is 16.9 Å². The lowest BCUT2D eigenvalue weighted by Crippen LogP contribution is -2.25. The van der Waals surface area contributed by atoms with Gasteiger partial charge in [-0.05, 0) is 29.2 Å². The van der Waals surface area contributed by atoms with Crippen LogP contribution in [-0.2, 0) is 15.9 Å². The Labute approximate surface area is 147 Å². The van der Waals surface area contributed by atoms with Gasteiger partial charge >= 0.3 is 6.09 Å². The molecule has 0 saturated carbocycles. The minimum absolute atomic E-state index is 0.192. The van der Waals surface area contributed by atoms with E-state index in [4.69, 9.17) is 19.9 Å². The molecule has 2 N–H and O–H groups in total. The van der Waals surface area contributed by atoms with E-state index in [9.17, 15) is 4.79 Å². The summed E-state index contributed by atoms with van der Waals surface area (Å²) in [7, 11) is 1.60. The molecule has 1 amide bonds. The van der Waals surface area contributed by atoms with Crippen LogP contribution in [0.1, 0.15) is 31.1 Å². The van der Waals surface area contributed by atoms with Gasteiger partial charge in [-0.15, -0.1) is 0 Å². The Morgan fingerprint density at radius 1 is 1.24 bits per heavy atom. The van der Waals surface area contributed by atoms with E-state index in [-0.39, 0.29) is 18.3 Å². The highest BCUT2D eigenvalue weighted by molar-refractivity contribution is 5.72. The first-order chi connectivity index (χ1) is 11.9. The Kier molecular flexibility index (Phi) is 4.68. The number of amides is 1. The third kappa shape index (κ3) is 3.46. The summed E-state index contributed by atoms with van der Waals surface area (Å²) in [6.07, 6.45) is -0.253. The average molecular weight is 341 g/mol. The molecule has 5 nitrogen and oxygen atoms in total. The maximum absolute atomic E-state index is 11.3. The third-order valence-electron chi connectivity index (χ3n) is 4.55. The number of fused-ring (bicyclic) bond motifs is 1. The summed E-state index contributed by atoms with van der Waals surface area (Å²) in [5, 5.41) is 0. The molecule has 1 unspecified atom stereocenters. The van der Waals surface area contributed by atoms with Crippen LogP contribution in [0.5, 0.6) is 5.75 Å². The lowest BCUT2D eigenvalue weighted by atomic mass is 9.87. The van der Waals surface area contributed by atoms with Crippen molar-refractivity contribution in [1.29, 1.82) is 0 Å². The van der Waals surface area contributed by atoms with Crippen molar-refractivity contribution >= 4 is 6.09 Å². The molecule has 0 spiro atoms. The van der Waals surface area contributed by atoms with Crippen LogP contribution in [0.15, 0.2) is 42.5 Å². The number of primary amides is 1. The van der Waals surface area contributed by atoms with Gasteiger partial charge in [0.1, 0.15) is 11.9 Å². The van der Waals surface area contributed by atoms with Gasteiger partial charge in [-0.2, -0.15) is 0 Å². The quantitative estimate of drug-likeness (QED) is 0.833. The summed E-state index contributed by atoms with van der Waals surface area (Å²) in [6, 6.07) is 14.0. The maximum atomic E-state index is 11.3. The highest BCUT2D eigenvalue weighted by Gasteiger charge is 2.41. The van der Waals surface area contributed by atoms with Crippen molar-refractivity contribution in [2.75, 3.05) is 13.9 Å². The van der Waals surface area contributed by atoms with E-state index in [2.05, 4.69) is 19.9 Å². The number of hydrogen-bond donors (Lipinski definition) is 1. The highest BCUT2D eigenvalue weighted by Crippen LogP contribution is 2.48. The van der Waals surface area contributed by atoms with Gasteiger partial charge in [-0.1, -0.05) is 50.2 Å². The Balaban J connectivity index is 1.97. The summed E-state index contributed by atoms with van der Waals surface area (Å²) >= 11 is 0. The van der Waals surface area contributed by atoms with Crippen LogP contribution in [0.2, 0.25) is 0 Å². The van der Waals surface area contributed by atoms with Gasteiger partial charge < -0.3 is 19.9 Å². The summed E-state index contributed by atoms with van der Waals surface area (Å²) in [5.41, 5.74) is 9.29. The van der Waals surface area contributed by atoms with Crippen LogP contribution in [-0.4, -0.2) is 20.0 Å². The number of methoxy groups -OCH3 is 1. The van der Waals surface area contributed by atoms with Crippen molar-refractivity contribution in [3.05, 3.63) is 53.6 Å². The molecule has 132 valence electrons. The molecule has 1 aliphatic carbocycles. The molecule has 3 rings (SSSR count). The van der Waals surface area contributed by atoms with E-state index in [1.807, 2.05) is 36.4 Å². The van der Waals surface area contributed by atoms with E-state index in [0.717, 1.165) is 34.4 Å². The molecule has 25 heavy (non-hydrogen) atoms. The minimum atomic E-state index is -0.742. The number of hydrogen-bond acceptors (Lipinski definition) is 4.